The van der Waals surface area contributed by atoms with Crippen molar-refractivity contribution in [3.63, 3.8) is 0 Å². The molecule has 19 heteroatoms. The molecule has 12 N–H and O–H groups in total. The molecule has 3 heterocycles. The number of aliphatic hydroxyl groups is 11. The summed E-state index contributed by atoms with van der Waals surface area (Å²) in [4.78, 5) is 13.4. The van der Waals surface area contributed by atoms with Crippen LogP contribution in [0.25, 0.3) is 0 Å². The van der Waals surface area contributed by atoms with E-state index in [1.54, 1.807) is 6.08 Å². The van der Waals surface area contributed by atoms with Gasteiger partial charge in [0.15, 0.2) is 18.9 Å². The van der Waals surface area contributed by atoms with Gasteiger partial charge in [-0.15, -0.1) is 0 Å². The molecular formula is C72H119NO18. The lowest BCUT2D eigenvalue weighted by Gasteiger charge is -2.48. The summed E-state index contributed by atoms with van der Waals surface area (Å²) in [6, 6.07) is -1.01. The molecule has 0 aromatic rings. The summed E-state index contributed by atoms with van der Waals surface area (Å²) in [7, 11) is 0. The van der Waals surface area contributed by atoms with Crippen molar-refractivity contribution in [2.24, 2.45) is 0 Å². The number of carbonyl (C=O) groups is 1. The van der Waals surface area contributed by atoms with Gasteiger partial charge in [-0.3, -0.25) is 4.79 Å². The van der Waals surface area contributed by atoms with Crippen LogP contribution in [0, 0.1) is 0 Å². The molecule has 3 aliphatic heterocycles. The summed E-state index contributed by atoms with van der Waals surface area (Å²) in [5, 5.41) is 120. The van der Waals surface area contributed by atoms with E-state index in [1.807, 2.05) is 6.08 Å². The summed E-state index contributed by atoms with van der Waals surface area (Å²) in [5.41, 5.74) is 0. The van der Waals surface area contributed by atoms with Gasteiger partial charge in [-0.2, -0.15) is 0 Å². The zero-order chi connectivity index (χ0) is 66.1. The van der Waals surface area contributed by atoms with E-state index < -0.39 is 124 Å². The van der Waals surface area contributed by atoms with Crippen molar-refractivity contribution >= 4 is 5.91 Å². The van der Waals surface area contributed by atoms with Crippen molar-refractivity contribution in [3.8, 4) is 0 Å². The first kappa shape index (κ1) is 81.4. The van der Waals surface area contributed by atoms with Gasteiger partial charge in [0.1, 0.15) is 73.2 Å². The third-order valence-corrected chi connectivity index (χ3v) is 16.2. The Morgan fingerprint density at radius 1 is 0.407 bits per heavy atom. The van der Waals surface area contributed by atoms with Crippen LogP contribution in [-0.4, -0.2) is 193 Å². The summed E-state index contributed by atoms with van der Waals surface area (Å²) in [6.45, 7) is 1.55. The van der Waals surface area contributed by atoms with Gasteiger partial charge in [-0.05, 0) is 103 Å². The van der Waals surface area contributed by atoms with Crippen LogP contribution < -0.4 is 5.32 Å². The maximum atomic E-state index is 13.4. The van der Waals surface area contributed by atoms with E-state index in [-0.39, 0.29) is 18.9 Å². The first-order valence-electron chi connectivity index (χ1n) is 34.3. The summed E-state index contributed by atoms with van der Waals surface area (Å²) in [6.07, 6.45) is 44.5. The highest BCUT2D eigenvalue weighted by Crippen LogP contribution is 2.33. The smallest absolute Gasteiger partial charge is 0.220 e. The number of amides is 1. The van der Waals surface area contributed by atoms with Crippen LogP contribution in [0.15, 0.2) is 122 Å². The van der Waals surface area contributed by atoms with Crippen LogP contribution in [-0.2, 0) is 33.2 Å². The number of allylic oxidation sites excluding steroid dienone is 19. The van der Waals surface area contributed by atoms with E-state index in [2.05, 4.69) is 129 Å². The number of hydrogen-bond donors (Lipinski definition) is 12. The van der Waals surface area contributed by atoms with Gasteiger partial charge in [0.05, 0.1) is 38.6 Å². The van der Waals surface area contributed by atoms with Crippen molar-refractivity contribution in [2.45, 2.75) is 298 Å². The fourth-order valence-electron chi connectivity index (χ4n) is 10.7. The molecule has 17 atom stereocenters. The minimum atomic E-state index is -1.99. The SMILES string of the molecule is CC/C=C\C/C=C\C/C=C\C/C=C\C/C=C\C/C=C\C/C=C\CCCCCCCCCC(=O)NC(COC1OC(CO)C(OC2OC(CO)C(OC3OC(CO)C(O)C(O)C3O)C(O)C2O)C(O)C1O)C(O)/C=C/CC/C=C/CC/C=C/CCCCCCCCC. The lowest BCUT2D eigenvalue weighted by Crippen LogP contribution is -2.66. The molecule has 91 heavy (non-hydrogen) atoms. The van der Waals surface area contributed by atoms with E-state index in [0.717, 1.165) is 116 Å². The maximum absolute atomic E-state index is 13.4. The highest BCUT2D eigenvalue weighted by Gasteiger charge is 2.53. The molecular weight excluding hydrogens is 1170 g/mol. The quantitative estimate of drug-likeness (QED) is 0.0200. The Bertz CT molecular complexity index is 2120. The van der Waals surface area contributed by atoms with Crippen molar-refractivity contribution in [1.29, 1.82) is 0 Å². The topological polar surface area (TPSA) is 307 Å². The molecule has 19 nitrogen and oxygen atoms in total. The van der Waals surface area contributed by atoms with E-state index >= 15 is 0 Å². The van der Waals surface area contributed by atoms with Crippen LogP contribution in [0.4, 0.5) is 0 Å². The van der Waals surface area contributed by atoms with Gasteiger partial charge in [0.25, 0.3) is 0 Å². The Balaban J connectivity index is 1.45. The first-order chi connectivity index (χ1) is 44.3. The minimum Gasteiger partial charge on any atom is -0.394 e. The Morgan fingerprint density at radius 2 is 0.769 bits per heavy atom. The maximum Gasteiger partial charge on any atom is 0.220 e. The van der Waals surface area contributed by atoms with Gasteiger partial charge in [-0.25, -0.2) is 0 Å². The lowest BCUT2D eigenvalue weighted by molar-refractivity contribution is -0.379. The summed E-state index contributed by atoms with van der Waals surface area (Å²) in [5.74, 6) is -0.307. The van der Waals surface area contributed by atoms with E-state index in [0.29, 0.717) is 12.8 Å². The molecule has 0 aromatic carbocycles. The van der Waals surface area contributed by atoms with E-state index in [4.69, 9.17) is 28.4 Å². The predicted molar refractivity (Wildman–Crippen MR) is 355 cm³/mol. The summed E-state index contributed by atoms with van der Waals surface area (Å²) >= 11 is 0. The number of carbonyl (C=O) groups excluding carboxylic acids is 1. The zero-order valence-corrected chi connectivity index (χ0v) is 54.8. The molecule has 1 amide bonds. The lowest BCUT2D eigenvalue weighted by atomic mass is 9.96. The molecule has 3 aliphatic rings. The molecule has 3 fully saturated rings. The van der Waals surface area contributed by atoms with Gasteiger partial charge < -0.3 is 89.9 Å². The molecule has 0 aromatic heterocycles. The summed E-state index contributed by atoms with van der Waals surface area (Å²) < 4.78 is 34.3. The average Bonchev–Trinajstić information content (AvgIpc) is 0.884. The second kappa shape index (κ2) is 52.5. The second-order valence-electron chi connectivity index (χ2n) is 23.9. The number of nitrogens with one attached hydrogen (secondary N) is 1. The monoisotopic (exact) mass is 1290 g/mol. The van der Waals surface area contributed by atoms with Crippen molar-refractivity contribution in [3.05, 3.63) is 122 Å². The fraction of sp³-hybridized carbons (Fsp3) is 0.708. The van der Waals surface area contributed by atoms with E-state index in [1.165, 1.54) is 44.9 Å². The third kappa shape index (κ3) is 34.4. The minimum absolute atomic E-state index is 0.210. The molecule has 0 spiro atoms. The number of aliphatic hydroxyl groups excluding tert-OH is 11. The predicted octanol–water partition coefficient (Wildman–Crippen LogP) is 8.82. The normalized spacial score (nSPS) is 28.6. The largest absolute Gasteiger partial charge is 0.394 e. The van der Waals surface area contributed by atoms with Crippen molar-refractivity contribution in [2.75, 3.05) is 26.4 Å². The molecule has 17 unspecified atom stereocenters. The molecule has 0 bridgehead atoms. The van der Waals surface area contributed by atoms with Crippen molar-refractivity contribution in [1.82, 2.24) is 5.32 Å². The van der Waals surface area contributed by atoms with Crippen LogP contribution >= 0.6 is 0 Å². The van der Waals surface area contributed by atoms with Crippen LogP contribution in [0.2, 0.25) is 0 Å². The Kier molecular flexibility index (Phi) is 46.9. The number of rotatable bonds is 50. The van der Waals surface area contributed by atoms with Crippen LogP contribution in [0.3, 0.4) is 0 Å². The molecule has 3 rings (SSSR count). The standard InChI is InChI=1S/C72H119NO18/c1-3-5-7-9-11-13-15-17-19-21-22-23-24-25-26-27-28-29-30-31-32-34-36-38-40-42-44-46-48-50-60(78)73-55(56(77)49-47-45-43-41-39-37-35-33-20-18-16-14-12-10-8-6-4-2)54-86-70-66(84)63(81)68(58(52-75)88-70)91-72-67(85)64(82)69(59(53-76)89-72)90-71-65(83)62(80)61(79)57(51-74)87-71/h5,7,11,13,17,19-20,22-23,25-26,28-29,31-33,39,41,47,49,55-59,61-72,74-77,79-85H,3-4,6,8-10,12,14-16,18,21,24,27,30,34-38,40,42-46,48,50-54H2,1-2H3,(H,73,78)/b7-5-,13-11-,19-17-,23-22-,26-25-,29-28-,32-31-,33-20+,41-39+,49-47+. The molecule has 0 radical (unpaired) electrons. The van der Waals surface area contributed by atoms with Gasteiger partial charge in [-0.1, -0.05) is 206 Å². The number of unbranched alkanes of at least 4 members (excludes halogenated alkanes) is 16. The van der Waals surface area contributed by atoms with E-state index in [9.17, 15) is 61.0 Å². The molecule has 0 saturated carbocycles. The first-order valence-corrected chi connectivity index (χ1v) is 34.3. The number of hydrogen-bond acceptors (Lipinski definition) is 18. The average molecular weight is 1290 g/mol. The second-order valence-corrected chi connectivity index (χ2v) is 23.9. The zero-order valence-electron chi connectivity index (χ0n) is 54.8. The fourth-order valence-corrected chi connectivity index (χ4v) is 10.7. The van der Waals surface area contributed by atoms with Crippen LogP contribution in [0.5, 0.6) is 0 Å². The highest BCUT2D eigenvalue weighted by molar-refractivity contribution is 5.76. The highest BCUT2D eigenvalue weighted by atomic mass is 16.8. The van der Waals surface area contributed by atoms with Gasteiger partial charge >= 0.3 is 0 Å². The van der Waals surface area contributed by atoms with Gasteiger partial charge in [0, 0.05) is 6.42 Å². The van der Waals surface area contributed by atoms with Crippen LogP contribution in [0.1, 0.15) is 194 Å². The molecule has 520 valence electrons. The van der Waals surface area contributed by atoms with Crippen molar-refractivity contribution < 1.29 is 89.4 Å². The molecule has 3 saturated heterocycles. The third-order valence-electron chi connectivity index (χ3n) is 16.2. The Morgan fingerprint density at radius 3 is 1.23 bits per heavy atom. The van der Waals surface area contributed by atoms with Gasteiger partial charge in [0.2, 0.25) is 5.91 Å². The Hall–Kier alpha value is -3.81. The Labute approximate surface area is 544 Å². The number of ether oxygens (including phenoxy) is 6. The molecule has 0 aliphatic carbocycles.